The van der Waals surface area contributed by atoms with Crippen LogP contribution in [0.2, 0.25) is 0 Å². The van der Waals surface area contributed by atoms with Gasteiger partial charge in [-0.1, -0.05) is 13.3 Å². The van der Waals surface area contributed by atoms with Crippen LogP contribution in [0, 0.1) is 0 Å². The number of hydrogen-bond acceptors (Lipinski definition) is 6. The second-order valence-electron chi connectivity index (χ2n) is 3.41. The number of nitrogens with zero attached hydrogens (tertiary/aromatic N) is 4. The Hall–Kier alpha value is -1.59. The van der Waals surface area contributed by atoms with Crippen molar-refractivity contribution in [3.05, 3.63) is 0 Å². The lowest BCUT2D eigenvalue weighted by Crippen LogP contribution is -2.26. The number of aromatic nitrogens is 3. The van der Waals surface area contributed by atoms with E-state index in [-0.39, 0.29) is 12.0 Å². The van der Waals surface area contributed by atoms with Crippen LogP contribution in [0.3, 0.4) is 0 Å². The molecule has 2 N–H and O–H groups in total. The van der Waals surface area contributed by atoms with Gasteiger partial charge in [0.05, 0.1) is 7.11 Å². The fourth-order valence-electron chi connectivity index (χ4n) is 1.34. The number of nitrogen functional groups attached to an aromatic ring is 1. The molecule has 0 amide bonds. The van der Waals surface area contributed by atoms with Gasteiger partial charge in [-0.25, -0.2) is 0 Å². The van der Waals surface area contributed by atoms with Gasteiger partial charge in [0.15, 0.2) is 0 Å². The van der Waals surface area contributed by atoms with Gasteiger partial charge < -0.3 is 15.4 Å². The maximum Gasteiger partial charge on any atom is 0.322 e. The van der Waals surface area contributed by atoms with E-state index in [1.54, 1.807) is 0 Å². The molecule has 0 aromatic carbocycles. The maximum atomic E-state index is 5.59. The summed E-state index contributed by atoms with van der Waals surface area (Å²) < 4.78 is 4.97. The first-order valence-corrected chi connectivity index (χ1v) is 5.51. The molecule has 1 aromatic rings. The van der Waals surface area contributed by atoms with Crippen molar-refractivity contribution >= 4 is 11.9 Å². The summed E-state index contributed by atoms with van der Waals surface area (Å²) in [6, 6.07) is 0.262. The summed E-state index contributed by atoms with van der Waals surface area (Å²) in [5.41, 5.74) is 5.59. The van der Waals surface area contributed by atoms with Crippen molar-refractivity contribution in [3.8, 4) is 6.01 Å². The quantitative estimate of drug-likeness (QED) is 0.780. The van der Waals surface area contributed by atoms with Crippen molar-refractivity contribution in [2.24, 2.45) is 0 Å². The van der Waals surface area contributed by atoms with Crippen LogP contribution in [0.4, 0.5) is 11.9 Å². The van der Waals surface area contributed by atoms with Crippen molar-refractivity contribution in [1.29, 1.82) is 0 Å². The molecule has 0 aliphatic rings. The minimum atomic E-state index is 0.191. The minimum absolute atomic E-state index is 0.191. The summed E-state index contributed by atoms with van der Waals surface area (Å²) in [6.07, 6.45) is 2.23. The van der Waals surface area contributed by atoms with Crippen LogP contribution in [0.25, 0.3) is 0 Å². The van der Waals surface area contributed by atoms with Gasteiger partial charge in [0.1, 0.15) is 0 Å². The molecular weight excluding hydrogens is 206 g/mol. The maximum absolute atomic E-state index is 5.59. The largest absolute Gasteiger partial charge is 0.467 e. The third kappa shape index (κ3) is 3.22. The Morgan fingerprint density at radius 2 is 2.00 bits per heavy atom. The van der Waals surface area contributed by atoms with E-state index in [1.807, 2.05) is 0 Å². The average Bonchev–Trinajstić information content (AvgIpc) is 2.29. The van der Waals surface area contributed by atoms with Crippen molar-refractivity contribution in [1.82, 2.24) is 15.0 Å². The summed E-state index contributed by atoms with van der Waals surface area (Å²) in [6.45, 7) is 5.96. The fraction of sp³-hybridized carbons (Fsp3) is 0.700. The molecule has 0 atom stereocenters. The van der Waals surface area contributed by atoms with Gasteiger partial charge in [0.2, 0.25) is 11.9 Å². The summed E-state index contributed by atoms with van der Waals surface area (Å²) in [7, 11) is 1.51. The number of rotatable bonds is 6. The molecule has 0 aliphatic heterocycles. The van der Waals surface area contributed by atoms with E-state index in [4.69, 9.17) is 10.5 Å². The molecule has 0 saturated heterocycles. The van der Waals surface area contributed by atoms with Gasteiger partial charge in [-0.3, -0.25) is 0 Å². The molecule has 0 spiro atoms. The van der Waals surface area contributed by atoms with Crippen molar-refractivity contribution < 1.29 is 4.74 Å². The Morgan fingerprint density at radius 1 is 1.25 bits per heavy atom. The number of hydrogen-bond donors (Lipinski definition) is 1. The van der Waals surface area contributed by atoms with Crippen LogP contribution in [-0.4, -0.2) is 35.2 Å². The molecular formula is C10H19N5O. The molecule has 1 rings (SSSR count). The predicted molar refractivity (Wildman–Crippen MR) is 63.6 cm³/mol. The van der Waals surface area contributed by atoms with Crippen molar-refractivity contribution in [2.45, 2.75) is 26.7 Å². The lowest BCUT2D eigenvalue weighted by Gasteiger charge is -2.20. The van der Waals surface area contributed by atoms with Crippen LogP contribution >= 0.6 is 0 Å². The third-order valence-electron chi connectivity index (χ3n) is 2.25. The van der Waals surface area contributed by atoms with E-state index in [2.05, 4.69) is 33.7 Å². The lowest BCUT2D eigenvalue weighted by atomic mass is 10.3. The zero-order chi connectivity index (χ0) is 12.0. The molecule has 0 radical (unpaired) electrons. The Balaban J connectivity index is 2.86. The molecule has 0 bridgehead atoms. The van der Waals surface area contributed by atoms with Crippen molar-refractivity contribution in [3.63, 3.8) is 0 Å². The Labute approximate surface area is 95.9 Å². The monoisotopic (exact) mass is 225 g/mol. The molecule has 90 valence electrons. The van der Waals surface area contributed by atoms with E-state index < -0.39 is 0 Å². The number of methoxy groups -OCH3 is 1. The Morgan fingerprint density at radius 3 is 2.56 bits per heavy atom. The van der Waals surface area contributed by atoms with E-state index in [9.17, 15) is 0 Å². The average molecular weight is 225 g/mol. The van der Waals surface area contributed by atoms with Gasteiger partial charge in [-0.15, -0.1) is 0 Å². The van der Waals surface area contributed by atoms with Gasteiger partial charge in [0.25, 0.3) is 0 Å². The molecule has 0 unspecified atom stereocenters. The molecule has 16 heavy (non-hydrogen) atoms. The highest BCUT2D eigenvalue weighted by Crippen LogP contribution is 2.13. The minimum Gasteiger partial charge on any atom is -0.467 e. The van der Waals surface area contributed by atoms with E-state index in [0.717, 1.165) is 25.9 Å². The van der Waals surface area contributed by atoms with Gasteiger partial charge in [-0.05, 0) is 13.3 Å². The van der Waals surface area contributed by atoms with Crippen LogP contribution < -0.4 is 15.4 Å². The smallest absolute Gasteiger partial charge is 0.322 e. The first-order chi connectivity index (χ1) is 7.71. The zero-order valence-electron chi connectivity index (χ0n) is 10.1. The SMILES string of the molecule is CCCCN(CC)c1nc(N)nc(OC)n1. The van der Waals surface area contributed by atoms with Crippen LogP contribution in [0.15, 0.2) is 0 Å². The fourth-order valence-corrected chi connectivity index (χ4v) is 1.34. The second kappa shape index (κ2) is 6.09. The molecule has 0 saturated carbocycles. The van der Waals surface area contributed by atoms with Gasteiger partial charge in [-0.2, -0.15) is 15.0 Å². The third-order valence-corrected chi connectivity index (χ3v) is 2.25. The number of nitrogens with two attached hydrogens (primary N) is 1. The summed E-state index contributed by atoms with van der Waals surface area (Å²) >= 11 is 0. The second-order valence-corrected chi connectivity index (χ2v) is 3.41. The van der Waals surface area contributed by atoms with E-state index in [1.165, 1.54) is 7.11 Å². The molecule has 0 aliphatic carbocycles. The first kappa shape index (κ1) is 12.5. The van der Waals surface area contributed by atoms with E-state index in [0.29, 0.717) is 5.95 Å². The Bertz CT molecular complexity index is 331. The molecule has 6 nitrogen and oxygen atoms in total. The highest BCUT2D eigenvalue weighted by molar-refractivity contribution is 5.35. The number of unbranched alkanes of at least 4 members (excludes halogenated alkanes) is 1. The van der Waals surface area contributed by atoms with Crippen LogP contribution in [-0.2, 0) is 0 Å². The Kier molecular flexibility index (Phi) is 4.75. The first-order valence-electron chi connectivity index (χ1n) is 5.51. The topological polar surface area (TPSA) is 77.2 Å². The zero-order valence-corrected chi connectivity index (χ0v) is 10.1. The summed E-state index contributed by atoms with van der Waals surface area (Å²) in [4.78, 5) is 14.2. The lowest BCUT2D eigenvalue weighted by molar-refractivity contribution is 0.379. The highest BCUT2D eigenvalue weighted by Gasteiger charge is 2.10. The van der Waals surface area contributed by atoms with Crippen LogP contribution in [0.5, 0.6) is 6.01 Å². The number of ether oxygens (including phenoxy) is 1. The summed E-state index contributed by atoms with van der Waals surface area (Å²) in [5.74, 6) is 0.775. The highest BCUT2D eigenvalue weighted by atomic mass is 16.5. The van der Waals surface area contributed by atoms with Gasteiger partial charge in [0, 0.05) is 13.1 Å². The molecule has 1 aromatic heterocycles. The normalized spacial score (nSPS) is 10.2. The van der Waals surface area contributed by atoms with Gasteiger partial charge >= 0.3 is 6.01 Å². The summed E-state index contributed by atoms with van der Waals surface area (Å²) in [5, 5.41) is 0. The predicted octanol–water partition coefficient (Wildman–Crippen LogP) is 1.09. The van der Waals surface area contributed by atoms with Crippen LogP contribution in [0.1, 0.15) is 26.7 Å². The molecule has 6 heteroatoms. The molecule has 0 fully saturated rings. The standard InChI is InChI=1S/C10H19N5O/c1-4-6-7-15(5-2)9-12-8(11)13-10(14-9)16-3/h4-7H2,1-3H3,(H2,11,12,13,14). The van der Waals surface area contributed by atoms with E-state index >= 15 is 0 Å². The number of anilines is 2. The van der Waals surface area contributed by atoms with Crippen molar-refractivity contribution in [2.75, 3.05) is 30.8 Å². The molecule has 1 heterocycles.